The molecule has 0 atom stereocenters. The number of carbonyl (C=O) groups excluding carboxylic acids is 1. The summed E-state index contributed by atoms with van der Waals surface area (Å²) in [5, 5.41) is 20.0. The molecule has 1 amide bonds. The standard InChI is InChI=1S/C16H12N6O2S/c1-22-15(18-20-21-22)10-4-2-5-11(8-10)17-16(23)12-9-13(24-19-12)14-6-3-7-25-14/h2-9H,1H3,(H,17,23). The summed E-state index contributed by atoms with van der Waals surface area (Å²) in [7, 11) is 1.75. The zero-order valence-electron chi connectivity index (χ0n) is 13.1. The maximum Gasteiger partial charge on any atom is 0.277 e. The van der Waals surface area contributed by atoms with Gasteiger partial charge in [-0.15, -0.1) is 16.4 Å². The van der Waals surface area contributed by atoms with Crippen molar-refractivity contribution in [1.29, 1.82) is 0 Å². The van der Waals surface area contributed by atoms with E-state index in [0.717, 1.165) is 10.4 Å². The number of benzene rings is 1. The average Bonchev–Trinajstić information content (AvgIpc) is 3.36. The van der Waals surface area contributed by atoms with Crippen LogP contribution in [0.25, 0.3) is 22.0 Å². The van der Waals surface area contributed by atoms with E-state index in [1.807, 2.05) is 29.6 Å². The van der Waals surface area contributed by atoms with Gasteiger partial charge in [-0.25, -0.2) is 4.68 Å². The fourth-order valence-corrected chi connectivity index (χ4v) is 3.00. The third-order valence-electron chi connectivity index (χ3n) is 3.51. The lowest BCUT2D eigenvalue weighted by molar-refractivity contribution is 0.101. The molecule has 25 heavy (non-hydrogen) atoms. The third kappa shape index (κ3) is 3.04. The molecular weight excluding hydrogens is 340 g/mol. The van der Waals surface area contributed by atoms with Gasteiger partial charge in [-0.3, -0.25) is 4.79 Å². The van der Waals surface area contributed by atoms with Crippen LogP contribution in [0.5, 0.6) is 0 Å². The molecule has 0 saturated heterocycles. The summed E-state index contributed by atoms with van der Waals surface area (Å²) < 4.78 is 6.80. The van der Waals surface area contributed by atoms with Crippen molar-refractivity contribution in [2.24, 2.45) is 7.05 Å². The fraction of sp³-hybridized carbons (Fsp3) is 0.0625. The highest BCUT2D eigenvalue weighted by Crippen LogP contribution is 2.25. The Balaban J connectivity index is 1.54. The number of aryl methyl sites for hydroxylation is 1. The van der Waals surface area contributed by atoms with Crippen LogP contribution in [0.1, 0.15) is 10.5 Å². The Labute approximate surface area is 146 Å². The van der Waals surface area contributed by atoms with Gasteiger partial charge < -0.3 is 9.84 Å². The van der Waals surface area contributed by atoms with Crippen LogP contribution in [0.4, 0.5) is 5.69 Å². The second-order valence-electron chi connectivity index (χ2n) is 5.21. The minimum absolute atomic E-state index is 0.217. The summed E-state index contributed by atoms with van der Waals surface area (Å²) in [6, 6.07) is 12.7. The molecular formula is C16H12N6O2S. The Morgan fingerprint density at radius 2 is 2.16 bits per heavy atom. The van der Waals surface area contributed by atoms with Crippen molar-refractivity contribution >= 4 is 22.9 Å². The number of nitrogens with zero attached hydrogens (tertiary/aromatic N) is 5. The lowest BCUT2D eigenvalue weighted by Crippen LogP contribution is -2.12. The van der Waals surface area contributed by atoms with E-state index in [1.54, 1.807) is 29.9 Å². The lowest BCUT2D eigenvalue weighted by atomic mass is 10.2. The van der Waals surface area contributed by atoms with Crippen molar-refractivity contribution in [2.75, 3.05) is 5.32 Å². The van der Waals surface area contributed by atoms with Gasteiger partial charge in [0.15, 0.2) is 17.3 Å². The monoisotopic (exact) mass is 352 g/mol. The SMILES string of the molecule is Cn1nnnc1-c1cccc(NC(=O)c2cc(-c3cccs3)on2)c1. The number of hydrogen-bond donors (Lipinski definition) is 1. The Morgan fingerprint density at radius 1 is 1.24 bits per heavy atom. The number of aromatic nitrogens is 5. The lowest BCUT2D eigenvalue weighted by Gasteiger charge is -2.05. The summed E-state index contributed by atoms with van der Waals surface area (Å²) in [6.07, 6.45) is 0. The van der Waals surface area contributed by atoms with Gasteiger partial charge in [0.2, 0.25) is 0 Å². The van der Waals surface area contributed by atoms with Crippen LogP contribution in [0.2, 0.25) is 0 Å². The summed E-state index contributed by atoms with van der Waals surface area (Å²) in [6.45, 7) is 0. The van der Waals surface area contributed by atoms with Crippen LogP contribution < -0.4 is 5.32 Å². The number of carbonyl (C=O) groups is 1. The number of rotatable bonds is 4. The zero-order chi connectivity index (χ0) is 17.2. The van der Waals surface area contributed by atoms with Gasteiger partial charge in [-0.05, 0) is 34.0 Å². The van der Waals surface area contributed by atoms with Crippen LogP contribution in [-0.2, 0) is 7.05 Å². The van der Waals surface area contributed by atoms with E-state index in [-0.39, 0.29) is 11.6 Å². The van der Waals surface area contributed by atoms with Gasteiger partial charge in [0.1, 0.15) is 0 Å². The first-order valence-corrected chi connectivity index (χ1v) is 8.23. The van der Waals surface area contributed by atoms with Crippen molar-refractivity contribution in [3.63, 3.8) is 0 Å². The van der Waals surface area contributed by atoms with Crippen LogP contribution in [0.15, 0.2) is 52.4 Å². The predicted molar refractivity (Wildman–Crippen MR) is 92.0 cm³/mol. The number of anilines is 1. The van der Waals surface area contributed by atoms with Crippen LogP contribution in [0.3, 0.4) is 0 Å². The smallest absolute Gasteiger partial charge is 0.277 e. The van der Waals surface area contributed by atoms with E-state index in [4.69, 9.17) is 4.52 Å². The van der Waals surface area contributed by atoms with E-state index < -0.39 is 0 Å². The molecule has 1 aromatic carbocycles. The van der Waals surface area contributed by atoms with E-state index in [1.165, 1.54) is 11.3 Å². The molecule has 0 radical (unpaired) electrons. The molecule has 3 aromatic heterocycles. The Hall–Kier alpha value is -3.33. The molecule has 0 spiro atoms. The Kier molecular flexibility index (Phi) is 3.82. The topological polar surface area (TPSA) is 98.7 Å². The van der Waals surface area contributed by atoms with Crippen molar-refractivity contribution in [2.45, 2.75) is 0 Å². The van der Waals surface area contributed by atoms with E-state index >= 15 is 0 Å². The molecule has 4 rings (SSSR count). The van der Waals surface area contributed by atoms with Gasteiger partial charge >= 0.3 is 0 Å². The van der Waals surface area contributed by atoms with E-state index in [0.29, 0.717) is 17.3 Å². The molecule has 9 heteroatoms. The van der Waals surface area contributed by atoms with Gasteiger partial charge in [0, 0.05) is 24.4 Å². The summed E-state index contributed by atoms with van der Waals surface area (Å²) in [5.74, 6) is 0.830. The molecule has 3 heterocycles. The molecule has 8 nitrogen and oxygen atoms in total. The fourth-order valence-electron chi connectivity index (χ4n) is 2.32. The van der Waals surface area contributed by atoms with Gasteiger partial charge in [0.05, 0.1) is 4.88 Å². The molecule has 0 aliphatic heterocycles. The number of nitrogens with one attached hydrogen (secondary N) is 1. The molecule has 124 valence electrons. The average molecular weight is 352 g/mol. The highest BCUT2D eigenvalue weighted by Gasteiger charge is 2.15. The largest absolute Gasteiger partial charge is 0.355 e. The maximum absolute atomic E-state index is 12.4. The Bertz CT molecular complexity index is 1020. The first kappa shape index (κ1) is 15.2. The van der Waals surface area contributed by atoms with E-state index in [2.05, 4.69) is 26.0 Å². The second-order valence-corrected chi connectivity index (χ2v) is 6.16. The molecule has 1 N–H and O–H groups in total. The predicted octanol–water partition coefficient (Wildman–Crippen LogP) is 2.85. The first-order chi connectivity index (χ1) is 12.2. The molecule has 0 bridgehead atoms. The minimum atomic E-state index is -0.347. The first-order valence-electron chi connectivity index (χ1n) is 7.35. The van der Waals surface area contributed by atoms with Crippen LogP contribution in [-0.4, -0.2) is 31.3 Å². The summed E-state index contributed by atoms with van der Waals surface area (Å²) in [4.78, 5) is 13.3. The quantitative estimate of drug-likeness (QED) is 0.606. The number of hydrogen-bond acceptors (Lipinski definition) is 7. The maximum atomic E-state index is 12.4. The summed E-state index contributed by atoms with van der Waals surface area (Å²) in [5.41, 5.74) is 1.63. The zero-order valence-corrected chi connectivity index (χ0v) is 13.9. The second kappa shape index (κ2) is 6.29. The molecule has 0 aliphatic rings. The van der Waals surface area contributed by atoms with Crippen molar-refractivity contribution in [3.8, 4) is 22.0 Å². The van der Waals surface area contributed by atoms with Crippen LogP contribution >= 0.6 is 11.3 Å². The van der Waals surface area contributed by atoms with Crippen molar-refractivity contribution < 1.29 is 9.32 Å². The highest BCUT2D eigenvalue weighted by molar-refractivity contribution is 7.13. The Morgan fingerprint density at radius 3 is 2.92 bits per heavy atom. The van der Waals surface area contributed by atoms with Crippen molar-refractivity contribution in [3.05, 3.63) is 53.5 Å². The molecule has 0 aliphatic carbocycles. The van der Waals surface area contributed by atoms with Crippen molar-refractivity contribution in [1.82, 2.24) is 25.4 Å². The van der Waals surface area contributed by atoms with Gasteiger partial charge in [-0.2, -0.15) is 0 Å². The molecule has 4 aromatic rings. The van der Waals surface area contributed by atoms with Gasteiger partial charge in [-0.1, -0.05) is 23.4 Å². The normalized spacial score (nSPS) is 10.8. The third-order valence-corrected chi connectivity index (χ3v) is 4.39. The van der Waals surface area contributed by atoms with Gasteiger partial charge in [0.25, 0.3) is 5.91 Å². The summed E-state index contributed by atoms with van der Waals surface area (Å²) >= 11 is 1.52. The minimum Gasteiger partial charge on any atom is -0.355 e. The van der Waals surface area contributed by atoms with Crippen LogP contribution in [0, 0.1) is 0 Å². The molecule has 0 unspecified atom stereocenters. The number of amides is 1. The molecule has 0 fully saturated rings. The number of thiophene rings is 1. The highest BCUT2D eigenvalue weighted by atomic mass is 32.1. The number of tetrazole rings is 1. The van der Waals surface area contributed by atoms with E-state index in [9.17, 15) is 4.79 Å². The molecule has 0 saturated carbocycles.